The van der Waals surface area contributed by atoms with E-state index in [1.54, 1.807) is 12.1 Å². The second kappa shape index (κ2) is 6.72. The Morgan fingerprint density at radius 3 is 2.71 bits per heavy atom. The number of nitrogens with zero attached hydrogens (tertiary/aromatic N) is 2. The summed E-state index contributed by atoms with van der Waals surface area (Å²) in [6.45, 7) is 1.37. The van der Waals surface area contributed by atoms with Crippen molar-refractivity contribution in [3.8, 4) is 0 Å². The largest absolute Gasteiger partial charge is 0.393 e. The predicted molar refractivity (Wildman–Crippen MR) is 84.6 cm³/mol. The van der Waals surface area contributed by atoms with Crippen molar-refractivity contribution >= 4 is 11.6 Å². The molecule has 1 amide bonds. The molecule has 2 fully saturated rings. The molecular weight excluding hydrogens is 317 g/mol. The zero-order valence-electron chi connectivity index (χ0n) is 13.2. The number of halogens is 1. The summed E-state index contributed by atoms with van der Waals surface area (Å²) in [5.74, 6) is -1.29. The summed E-state index contributed by atoms with van der Waals surface area (Å²) in [5.41, 5.74) is 1.10. The minimum atomic E-state index is -0.779. The van der Waals surface area contributed by atoms with Crippen LogP contribution in [0.4, 0.5) is 10.1 Å². The van der Waals surface area contributed by atoms with Crippen molar-refractivity contribution in [3.63, 3.8) is 0 Å². The summed E-state index contributed by atoms with van der Waals surface area (Å²) < 4.78 is 14.3. The Labute approximate surface area is 138 Å². The van der Waals surface area contributed by atoms with E-state index in [1.165, 1.54) is 6.07 Å². The fourth-order valence-electron chi connectivity index (χ4n) is 3.04. The van der Waals surface area contributed by atoms with E-state index in [0.717, 1.165) is 0 Å². The van der Waals surface area contributed by atoms with E-state index < -0.39 is 16.9 Å². The molecule has 2 N–H and O–H groups in total. The minimum absolute atomic E-state index is 0.148. The van der Waals surface area contributed by atoms with E-state index in [-0.39, 0.29) is 30.8 Å². The van der Waals surface area contributed by atoms with Crippen LogP contribution in [0.15, 0.2) is 18.2 Å². The third-order valence-corrected chi connectivity index (χ3v) is 4.65. The van der Waals surface area contributed by atoms with E-state index >= 15 is 0 Å². The number of amides is 1. The fraction of sp³-hybridized carbons (Fsp3) is 0.562. The van der Waals surface area contributed by atoms with Crippen LogP contribution in [0.5, 0.6) is 0 Å². The average molecular weight is 337 g/mol. The molecule has 0 aromatic heterocycles. The average Bonchev–Trinajstić information content (AvgIpc) is 3.35. The standard InChI is InChI=1S/C16H20FN3O4/c17-13-7-10(9-18-16(22)12-8-15(12)20(23)24)1-2-14(13)19-5-3-11(21)4-6-19/h1-2,7,11-12,15,21H,3-6,8-9H2,(H,18,22)/t12-,15-/m0/s1. The quantitative estimate of drug-likeness (QED) is 0.619. The molecule has 0 radical (unpaired) electrons. The monoisotopic (exact) mass is 337 g/mol. The van der Waals surface area contributed by atoms with Gasteiger partial charge in [-0.25, -0.2) is 4.39 Å². The van der Waals surface area contributed by atoms with Crippen molar-refractivity contribution in [3.05, 3.63) is 39.7 Å². The lowest BCUT2D eigenvalue weighted by Crippen LogP contribution is -2.36. The highest BCUT2D eigenvalue weighted by atomic mass is 19.1. The highest BCUT2D eigenvalue weighted by molar-refractivity contribution is 5.81. The number of aliphatic hydroxyl groups is 1. The fourth-order valence-corrected chi connectivity index (χ4v) is 3.04. The van der Waals surface area contributed by atoms with Crippen molar-refractivity contribution in [2.75, 3.05) is 18.0 Å². The van der Waals surface area contributed by atoms with E-state index in [9.17, 15) is 24.4 Å². The van der Waals surface area contributed by atoms with Gasteiger partial charge in [0.1, 0.15) is 11.7 Å². The van der Waals surface area contributed by atoms with Crippen LogP contribution in [0, 0.1) is 21.8 Å². The number of rotatable bonds is 5. The predicted octanol–water partition coefficient (Wildman–Crippen LogP) is 1.07. The zero-order chi connectivity index (χ0) is 17.3. The lowest BCUT2D eigenvalue weighted by Gasteiger charge is -2.31. The lowest BCUT2D eigenvalue weighted by atomic mass is 10.1. The number of carbonyl (C=O) groups excluding carboxylic acids is 1. The minimum Gasteiger partial charge on any atom is -0.393 e. The van der Waals surface area contributed by atoms with Crippen molar-refractivity contribution in [1.29, 1.82) is 0 Å². The molecule has 3 rings (SSSR count). The molecule has 1 aliphatic carbocycles. The van der Waals surface area contributed by atoms with E-state index in [2.05, 4.69) is 5.32 Å². The van der Waals surface area contributed by atoms with E-state index in [1.807, 2.05) is 4.90 Å². The Bertz CT molecular complexity index is 646. The van der Waals surface area contributed by atoms with Gasteiger partial charge in [0.15, 0.2) is 0 Å². The van der Waals surface area contributed by atoms with Crippen molar-refractivity contribution in [1.82, 2.24) is 5.32 Å². The van der Waals surface area contributed by atoms with Gasteiger partial charge in [-0.15, -0.1) is 0 Å². The molecule has 1 heterocycles. The van der Waals surface area contributed by atoms with Crippen LogP contribution >= 0.6 is 0 Å². The Morgan fingerprint density at radius 2 is 2.12 bits per heavy atom. The maximum Gasteiger partial charge on any atom is 0.230 e. The van der Waals surface area contributed by atoms with Gasteiger partial charge in [0.25, 0.3) is 0 Å². The molecule has 1 saturated heterocycles. The number of nitrogens with one attached hydrogen (secondary N) is 1. The van der Waals surface area contributed by atoms with Gasteiger partial charge in [0.2, 0.25) is 11.9 Å². The first-order valence-electron chi connectivity index (χ1n) is 8.08. The third kappa shape index (κ3) is 3.64. The van der Waals surface area contributed by atoms with Crippen molar-refractivity contribution in [2.45, 2.75) is 38.0 Å². The van der Waals surface area contributed by atoms with Gasteiger partial charge < -0.3 is 15.3 Å². The number of benzene rings is 1. The normalized spacial score (nSPS) is 23.8. The van der Waals surface area contributed by atoms with Gasteiger partial charge in [-0.3, -0.25) is 14.9 Å². The molecule has 2 aliphatic rings. The first-order chi connectivity index (χ1) is 11.5. The topological polar surface area (TPSA) is 95.7 Å². The first kappa shape index (κ1) is 16.6. The molecule has 0 spiro atoms. The summed E-state index contributed by atoms with van der Waals surface area (Å²) >= 11 is 0. The molecule has 1 aromatic rings. The van der Waals surface area contributed by atoms with Crippen LogP contribution in [-0.4, -0.2) is 41.2 Å². The zero-order valence-corrected chi connectivity index (χ0v) is 13.2. The number of carbonyl (C=O) groups is 1. The third-order valence-electron chi connectivity index (χ3n) is 4.65. The molecule has 24 heavy (non-hydrogen) atoms. The van der Waals surface area contributed by atoms with Gasteiger partial charge in [-0.05, 0) is 30.5 Å². The van der Waals surface area contributed by atoms with Crippen molar-refractivity contribution in [2.24, 2.45) is 5.92 Å². The Balaban J connectivity index is 1.55. The molecule has 0 bridgehead atoms. The smallest absolute Gasteiger partial charge is 0.230 e. The maximum atomic E-state index is 14.3. The van der Waals surface area contributed by atoms with E-state index in [0.29, 0.717) is 37.2 Å². The molecule has 1 aromatic carbocycles. The van der Waals surface area contributed by atoms with Crippen molar-refractivity contribution < 1.29 is 19.2 Å². The SMILES string of the molecule is O=C(NCc1ccc(N2CCC(O)CC2)c(F)c1)[C@H]1C[C@@H]1[N+](=O)[O-]. The van der Waals surface area contributed by atoms with Gasteiger partial charge in [0, 0.05) is 31.0 Å². The summed E-state index contributed by atoms with van der Waals surface area (Å²) in [6.07, 6.45) is 1.20. The number of hydrogen-bond acceptors (Lipinski definition) is 5. The van der Waals surface area contributed by atoms with Crippen LogP contribution in [0.3, 0.4) is 0 Å². The van der Waals surface area contributed by atoms with Gasteiger partial charge >= 0.3 is 0 Å². The van der Waals surface area contributed by atoms with Gasteiger partial charge in [0.05, 0.1) is 11.8 Å². The van der Waals surface area contributed by atoms with Crippen LogP contribution in [0.1, 0.15) is 24.8 Å². The number of aliphatic hydroxyl groups excluding tert-OH is 1. The van der Waals surface area contributed by atoms with Crippen LogP contribution < -0.4 is 10.2 Å². The molecule has 2 atom stereocenters. The Kier molecular flexibility index (Phi) is 4.66. The van der Waals surface area contributed by atoms with Crippen LogP contribution in [0.25, 0.3) is 0 Å². The highest BCUT2D eigenvalue weighted by Gasteiger charge is 2.53. The summed E-state index contributed by atoms with van der Waals surface area (Å²) in [4.78, 5) is 23.8. The molecular formula is C16H20FN3O4. The molecule has 1 aliphatic heterocycles. The van der Waals surface area contributed by atoms with Gasteiger partial charge in [-0.2, -0.15) is 0 Å². The first-order valence-corrected chi connectivity index (χ1v) is 8.08. The maximum absolute atomic E-state index is 14.3. The molecule has 1 saturated carbocycles. The second-order valence-electron chi connectivity index (χ2n) is 6.42. The summed E-state index contributed by atoms with van der Waals surface area (Å²) in [7, 11) is 0. The highest BCUT2D eigenvalue weighted by Crippen LogP contribution is 2.33. The number of hydrogen-bond donors (Lipinski definition) is 2. The Morgan fingerprint density at radius 1 is 1.42 bits per heavy atom. The number of piperidine rings is 1. The number of anilines is 1. The lowest BCUT2D eigenvalue weighted by molar-refractivity contribution is -0.497. The number of nitro groups is 1. The molecule has 8 heteroatoms. The summed E-state index contributed by atoms with van der Waals surface area (Å²) in [6, 6.07) is 4.00. The molecule has 130 valence electrons. The Hall–Kier alpha value is -2.22. The molecule has 0 unspecified atom stereocenters. The van der Waals surface area contributed by atoms with Crippen LogP contribution in [-0.2, 0) is 11.3 Å². The second-order valence-corrected chi connectivity index (χ2v) is 6.42. The van der Waals surface area contributed by atoms with Crippen LogP contribution in [0.2, 0.25) is 0 Å². The van der Waals surface area contributed by atoms with Gasteiger partial charge in [-0.1, -0.05) is 6.07 Å². The molecule has 7 nitrogen and oxygen atoms in total. The summed E-state index contributed by atoms with van der Waals surface area (Å²) in [5, 5.41) is 22.7. The van der Waals surface area contributed by atoms with E-state index in [4.69, 9.17) is 0 Å².